The molecule has 3 aromatic heterocycles. The summed E-state index contributed by atoms with van der Waals surface area (Å²) in [7, 11) is 0. The van der Waals surface area contributed by atoms with E-state index in [2.05, 4.69) is 25.9 Å². The summed E-state index contributed by atoms with van der Waals surface area (Å²) in [6.45, 7) is 1.87. The molecular weight excluding hydrogens is 484 g/mol. The van der Waals surface area contributed by atoms with Crippen LogP contribution in [0.1, 0.15) is 53.8 Å². The molecule has 10 nitrogen and oxygen atoms in total. The van der Waals surface area contributed by atoms with Gasteiger partial charge in [0.2, 0.25) is 11.7 Å². The van der Waals surface area contributed by atoms with Gasteiger partial charge in [0, 0.05) is 37.6 Å². The first kappa shape index (κ1) is 26.1. The van der Waals surface area contributed by atoms with Crippen molar-refractivity contribution in [2.24, 2.45) is 5.92 Å². The van der Waals surface area contributed by atoms with Crippen LogP contribution in [0, 0.1) is 18.7 Å². The van der Waals surface area contributed by atoms with Crippen molar-refractivity contribution in [1.29, 1.82) is 0 Å². The number of carbonyl (C=O) groups is 2. The molecule has 3 aromatic rings. The highest BCUT2D eigenvalue weighted by Crippen LogP contribution is 2.29. The van der Waals surface area contributed by atoms with E-state index in [-0.39, 0.29) is 43.3 Å². The molecule has 0 bridgehead atoms. The Balaban J connectivity index is 1.25. The van der Waals surface area contributed by atoms with Gasteiger partial charge in [-0.2, -0.15) is 4.39 Å². The van der Waals surface area contributed by atoms with Crippen LogP contribution in [0.2, 0.25) is 0 Å². The Morgan fingerprint density at radius 3 is 2.76 bits per heavy atom. The van der Waals surface area contributed by atoms with E-state index in [1.807, 2.05) is 19.1 Å². The Hall–Kier alpha value is -3.96. The number of hydrogen-bond donors (Lipinski definition) is 2. The highest BCUT2D eigenvalue weighted by Gasteiger charge is 2.22. The van der Waals surface area contributed by atoms with Crippen molar-refractivity contribution >= 4 is 17.5 Å². The molecule has 12 heteroatoms. The van der Waals surface area contributed by atoms with Crippen LogP contribution in [-0.2, 0) is 24.4 Å². The average molecular weight is 514 g/mol. The zero-order valence-corrected chi connectivity index (χ0v) is 20.5. The molecule has 1 atom stereocenters. The number of carbonyl (C=O) groups excluding carboxylic acids is 2. The predicted molar refractivity (Wildman–Crippen MR) is 131 cm³/mol. The van der Waals surface area contributed by atoms with Gasteiger partial charge in [-0.15, -0.1) is 5.10 Å². The molecule has 0 aromatic carbocycles. The number of amides is 2. The summed E-state index contributed by atoms with van der Waals surface area (Å²) in [6.07, 6.45) is 6.19. The number of pyridine rings is 2. The summed E-state index contributed by atoms with van der Waals surface area (Å²) < 4.78 is 31.3. The predicted octanol–water partition coefficient (Wildman–Crippen LogP) is 2.77. The van der Waals surface area contributed by atoms with E-state index < -0.39 is 23.5 Å². The minimum atomic E-state index is -1.42. The molecule has 0 aliphatic heterocycles. The van der Waals surface area contributed by atoms with E-state index in [1.165, 1.54) is 23.1 Å². The topological polar surface area (TPSA) is 124 Å². The first-order valence-corrected chi connectivity index (χ1v) is 12.2. The SMILES string of the molecule is Cc1ccc(CNC(=O)c2cn(CC(F)CCn3ccc(NC(=O)CC4CCC4)c(F)c3=O)nn2)cn1. The van der Waals surface area contributed by atoms with Crippen LogP contribution in [0.5, 0.6) is 0 Å². The van der Waals surface area contributed by atoms with Gasteiger partial charge in [-0.05, 0) is 49.8 Å². The summed E-state index contributed by atoms with van der Waals surface area (Å²) in [6, 6.07) is 4.99. The first-order chi connectivity index (χ1) is 17.8. The van der Waals surface area contributed by atoms with E-state index in [1.54, 1.807) is 6.20 Å². The maximum absolute atomic E-state index is 14.6. The lowest BCUT2D eigenvalue weighted by Gasteiger charge is -2.24. The van der Waals surface area contributed by atoms with Crippen LogP contribution in [-0.4, -0.2) is 42.5 Å². The molecule has 1 aliphatic carbocycles. The van der Waals surface area contributed by atoms with Crippen LogP contribution in [0.3, 0.4) is 0 Å². The minimum absolute atomic E-state index is 0.0421. The summed E-state index contributed by atoms with van der Waals surface area (Å²) in [5, 5.41) is 12.7. The van der Waals surface area contributed by atoms with Crippen LogP contribution >= 0.6 is 0 Å². The van der Waals surface area contributed by atoms with Gasteiger partial charge in [-0.3, -0.25) is 19.4 Å². The second-order valence-corrected chi connectivity index (χ2v) is 9.29. The third-order valence-electron chi connectivity index (χ3n) is 6.34. The number of halogens is 2. The van der Waals surface area contributed by atoms with E-state index in [4.69, 9.17) is 0 Å². The highest BCUT2D eigenvalue weighted by atomic mass is 19.1. The fourth-order valence-corrected chi connectivity index (χ4v) is 3.92. The number of nitrogens with zero attached hydrogens (tertiary/aromatic N) is 5. The van der Waals surface area contributed by atoms with Crippen molar-refractivity contribution in [1.82, 2.24) is 29.9 Å². The molecule has 0 spiro atoms. The van der Waals surface area contributed by atoms with Crippen molar-refractivity contribution in [3.63, 3.8) is 0 Å². The molecule has 0 radical (unpaired) electrons. The van der Waals surface area contributed by atoms with Crippen LogP contribution in [0.15, 0.2) is 41.6 Å². The number of rotatable bonds is 11. The van der Waals surface area contributed by atoms with Crippen molar-refractivity contribution in [3.8, 4) is 0 Å². The monoisotopic (exact) mass is 513 g/mol. The molecule has 1 fully saturated rings. The van der Waals surface area contributed by atoms with Crippen LogP contribution < -0.4 is 16.2 Å². The Labute approximate surface area is 212 Å². The molecule has 1 aliphatic rings. The maximum Gasteiger partial charge on any atom is 0.288 e. The number of hydrogen-bond acceptors (Lipinski definition) is 6. The molecule has 3 heterocycles. The van der Waals surface area contributed by atoms with E-state index in [9.17, 15) is 23.2 Å². The van der Waals surface area contributed by atoms with Gasteiger partial charge in [0.25, 0.3) is 11.5 Å². The van der Waals surface area contributed by atoms with Gasteiger partial charge in [0.05, 0.1) is 18.4 Å². The number of alkyl halides is 1. The van der Waals surface area contributed by atoms with Gasteiger partial charge in [-0.1, -0.05) is 17.7 Å². The molecule has 2 amide bonds. The lowest BCUT2D eigenvalue weighted by atomic mass is 9.83. The van der Waals surface area contributed by atoms with E-state index in [0.29, 0.717) is 12.3 Å². The van der Waals surface area contributed by atoms with Gasteiger partial charge < -0.3 is 15.2 Å². The fraction of sp³-hybridized carbons (Fsp3) is 0.440. The molecule has 1 unspecified atom stereocenters. The second-order valence-electron chi connectivity index (χ2n) is 9.29. The largest absolute Gasteiger partial charge is 0.346 e. The van der Waals surface area contributed by atoms with Gasteiger partial charge in [0.1, 0.15) is 6.17 Å². The number of aryl methyl sites for hydroxylation is 2. The quantitative estimate of drug-likeness (QED) is 0.406. The van der Waals surface area contributed by atoms with E-state index in [0.717, 1.165) is 35.1 Å². The number of nitrogens with one attached hydrogen (secondary N) is 2. The second kappa shape index (κ2) is 11.8. The van der Waals surface area contributed by atoms with Crippen LogP contribution in [0.4, 0.5) is 14.5 Å². The highest BCUT2D eigenvalue weighted by molar-refractivity contribution is 5.92. The Bertz CT molecular complexity index is 1300. The first-order valence-electron chi connectivity index (χ1n) is 12.2. The molecular formula is C25H29F2N7O3. The fourth-order valence-electron chi connectivity index (χ4n) is 3.92. The van der Waals surface area contributed by atoms with Crippen molar-refractivity contribution in [3.05, 3.63) is 69.9 Å². The Morgan fingerprint density at radius 1 is 1.24 bits per heavy atom. The lowest BCUT2D eigenvalue weighted by molar-refractivity contribution is -0.117. The summed E-state index contributed by atoms with van der Waals surface area (Å²) in [5.41, 5.74) is 0.631. The van der Waals surface area contributed by atoms with Crippen molar-refractivity contribution in [2.75, 3.05) is 5.32 Å². The number of aromatic nitrogens is 5. The Kier molecular flexibility index (Phi) is 8.36. The lowest BCUT2D eigenvalue weighted by Crippen LogP contribution is -2.27. The van der Waals surface area contributed by atoms with E-state index >= 15 is 0 Å². The third-order valence-corrected chi connectivity index (χ3v) is 6.34. The van der Waals surface area contributed by atoms with Gasteiger partial charge >= 0.3 is 0 Å². The minimum Gasteiger partial charge on any atom is -0.346 e. The zero-order valence-electron chi connectivity index (χ0n) is 20.5. The molecule has 37 heavy (non-hydrogen) atoms. The Morgan fingerprint density at radius 2 is 2.05 bits per heavy atom. The summed E-state index contributed by atoms with van der Waals surface area (Å²) in [4.78, 5) is 40.8. The van der Waals surface area contributed by atoms with Gasteiger partial charge in [-0.25, -0.2) is 9.07 Å². The summed E-state index contributed by atoms with van der Waals surface area (Å²) >= 11 is 0. The van der Waals surface area contributed by atoms with Crippen LogP contribution in [0.25, 0.3) is 0 Å². The van der Waals surface area contributed by atoms with Crippen molar-refractivity contribution in [2.45, 2.75) is 64.8 Å². The average Bonchev–Trinajstić information content (AvgIpc) is 3.32. The molecule has 4 rings (SSSR count). The standard InChI is InChI=1S/C25H29F2N7O3/c1-16-5-6-18(12-28-16)13-29-24(36)21-15-34(32-31-21)14-19(26)7-9-33-10-8-20(23(27)25(33)37)30-22(35)11-17-3-2-4-17/h5-6,8,10,12,15,17,19H,2-4,7,9,11,13-14H2,1H3,(H,29,36)(H,30,35). The third kappa shape index (κ3) is 7.05. The number of anilines is 1. The normalized spacial score (nSPS) is 14.1. The van der Waals surface area contributed by atoms with Gasteiger partial charge in [0.15, 0.2) is 5.69 Å². The smallest absolute Gasteiger partial charge is 0.288 e. The molecule has 2 N–H and O–H groups in total. The molecule has 0 saturated heterocycles. The molecule has 196 valence electrons. The summed E-state index contributed by atoms with van der Waals surface area (Å²) in [5.74, 6) is -1.54. The zero-order chi connectivity index (χ0) is 26.4. The molecule has 1 saturated carbocycles. The maximum atomic E-state index is 14.6. The van der Waals surface area contributed by atoms with Crippen molar-refractivity contribution < 1.29 is 18.4 Å².